The zero-order valence-corrected chi connectivity index (χ0v) is 12.2. The van der Waals surface area contributed by atoms with Gasteiger partial charge < -0.3 is 4.57 Å². The molecule has 0 fully saturated rings. The summed E-state index contributed by atoms with van der Waals surface area (Å²) in [5.74, 6) is 1.29. The van der Waals surface area contributed by atoms with Gasteiger partial charge in [-0.05, 0) is 30.0 Å². The van der Waals surface area contributed by atoms with Gasteiger partial charge in [0.2, 0.25) is 0 Å². The number of hydrogen-bond donors (Lipinski definition) is 0. The molecule has 0 aliphatic carbocycles. The normalized spacial score (nSPS) is 12.9. The molecule has 1 atom stereocenters. The number of hydrogen-bond acceptors (Lipinski definition) is 3. The number of aromatic nitrogens is 3. The first kappa shape index (κ1) is 12.6. The molecule has 0 N–H and O–H groups in total. The Kier molecular flexibility index (Phi) is 3.53. The average molecular weight is 292 g/mol. The molecule has 0 saturated heterocycles. The lowest BCUT2D eigenvalue weighted by atomic mass is 10.2. The van der Waals surface area contributed by atoms with Gasteiger partial charge in [0.25, 0.3) is 0 Å². The summed E-state index contributed by atoms with van der Waals surface area (Å²) in [6.07, 6.45) is 2.80. The highest BCUT2D eigenvalue weighted by Gasteiger charge is 2.20. The van der Waals surface area contributed by atoms with E-state index in [1.807, 2.05) is 12.1 Å². The second-order valence-corrected chi connectivity index (χ2v) is 5.56. The number of thiophene rings is 1. The molecule has 0 aromatic carbocycles. The van der Waals surface area contributed by atoms with Crippen molar-refractivity contribution >= 4 is 34.1 Å². The van der Waals surface area contributed by atoms with Crippen molar-refractivity contribution in [2.75, 3.05) is 0 Å². The van der Waals surface area contributed by atoms with Crippen LogP contribution >= 0.6 is 22.9 Å². The molecule has 19 heavy (non-hydrogen) atoms. The highest BCUT2D eigenvalue weighted by atomic mass is 35.5. The topological polar surface area (TPSA) is 30.7 Å². The van der Waals surface area contributed by atoms with Gasteiger partial charge in [-0.1, -0.05) is 13.0 Å². The Labute approximate surface area is 120 Å². The van der Waals surface area contributed by atoms with Gasteiger partial charge in [0.1, 0.15) is 11.3 Å². The quantitative estimate of drug-likeness (QED) is 0.674. The van der Waals surface area contributed by atoms with Crippen LogP contribution in [-0.2, 0) is 5.88 Å². The van der Waals surface area contributed by atoms with E-state index in [2.05, 4.69) is 39.0 Å². The van der Waals surface area contributed by atoms with Gasteiger partial charge in [-0.3, -0.25) is 0 Å². The molecule has 3 aromatic heterocycles. The molecule has 0 radical (unpaired) electrons. The SMILES string of the molecule is CCC(c1cccs1)n1c(CCl)nc2cccnc21. The monoisotopic (exact) mass is 291 g/mol. The minimum atomic E-state index is 0.258. The van der Waals surface area contributed by atoms with Crippen LogP contribution in [0.5, 0.6) is 0 Å². The molecule has 98 valence electrons. The van der Waals surface area contributed by atoms with E-state index in [0.29, 0.717) is 5.88 Å². The predicted octanol–water partition coefficient (Wildman–Crippen LogP) is 4.23. The second kappa shape index (κ2) is 5.31. The summed E-state index contributed by atoms with van der Waals surface area (Å²) in [6, 6.07) is 8.38. The summed E-state index contributed by atoms with van der Waals surface area (Å²) in [7, 11) is 0. The summed E-state index contributed by atoms with van der Waals surface area (Å²) in [4.78, 5) is 10.4. The molecule has 0 aliphatic heterocycles. The number of fused-ring (bicyclic) bond motifs is 1. The first-order valence-corrected chi connectivity index (χ1v) is 7.67. The Balaban J connectivity index is 2.22. The molecule has 0 saturated carbocycles. The smallest absolute Gasteiger partial charge is 0.160 e. The highest BCUT2D eigenvalue weighted by Crippen LogP contribution is 2.30. The van der Waals surface area contributed by atoms with Crippen molar-refractivity contribution in [3.8, 4) is 0 Å². The van der Waals surface area contributed by atoms with Gasteiger partial charge in [-0.15, -0.1) is 22.9 Å². The van der Waals surface area contributed by atoms with Crippen LogP contribution in [0.3, 0.4) is 0 Å². The Morgan fingerprint density at radius 3 is 2.95 bits per heavy atom. The van der Waals surface area contributed by atoms with E-state index >= 15 is 0 Å². The largest absolute Gasteiger partial charge is 0.303 e. The van der Waals surface area contributed by atoms with Crippen LogP contribution < -0.4 is 0 Å². The molecular weight excluding hydrogens is 278 g/mol. The first-order valence-electron chi connectivity index (χ1n) is 6.26. The van der Waals surface area contributed by atoms with E-state index in [1.165, 1.54) is 4.88 Å². The Morgan fingerprint density at radius 2 is 2.26 bits per heavy atom. The fraction of sp³-hybridized carbons (Fsp3) is 0.286. The lowest BCUT2D eigenvalue weighted by Crippen LogP contribution is -2.11. The predicted molar refractivity (Wildman–Crippen MR) is 79.8 cm³/mol. The minimum Gasteiger partial charge on any atom is -0.303 e. The third-order valence-corrected chi connectivity index (χ3v) is 4.42. The molecule has 0 bridgehead atoms. The van der Waals surface area contributed by atoms with Crippen LogP contribution in [-0.4, -0.2) is 14.5 Å². The maximum Gasteiger partial charge on any atom is 0.160 e. The maximum atomic E-state index is 6.06. The molecule has 5 heteroatoms. The lowest BCUT2D eigenvalue weighted by Gasteiger charge is -2.18. The molecule has 0 spiro atoms. The molecule has 3 rings (SSSR count). The van der Waals surface area contributed by atoms with E-state index in [-0.39, 0.29) is 6.04 Å². The van der Waals surface area contributed by atoms with Crippen molar-refractivity contribution in [2.24, 2.45) is 0 Å². The number of rotatable bonds is 4. The van der Waals surface area contributed by atoms with Crippen LogP contribution in [0, 0.1) is 0 Å². The standard InChI is InChI=1S/C14H14ClN3S/c1-2-11(12-6-4-8-19-12)18-13(9-15)17-10-5-3-7-16-14(10)18/h3-8,11H,2,9H2,1H3. The highest BCUT2D eigenvalue weighted by molar-refractivity contribution is 7.10. The maximum absolute atomic E-state index is 6.06. The van der Waals surface area contributed by atoms with E-state index < -0.39 is 0 Å². The van der Waals surface area contributed by atoms with Gasteiger partial charge in [-0.2, -0.15) is 0 Å². The summed E-state index contributed by atoms with van der Waals surface area (Å²) >= 11 is 7.82. The average Bonchev–Trinajstić information content (AvgIpc) is 3.08. The van der Waals surface area contributed by atoms with Gasteiger partial charge in [0, 0.05) is 11.1 Å². The van der Waals surface area contributed by atoms with E-state index in [1.54, 1.807) is 17.5 Å². The first-order chi connectivity index (χ1) is 9.35. The van der Waals surface area contributed by atoms with E-state index in [0.717, 1.165) is 23.4 Å². The van der Waals surface area contributed by atoms with Crippen LogP contribution in [0.4, 0.5) is 0 Å². The van der Waals surface area contributed by atoms with Gasteiger partial charge in [0.15, 0.2) is 5.65 Å². The summed E-state index contributed by atoms with van der Waals surface area (Å²) < 4.78 is 2.17. The molecule has 0 amide bonds. The van der Waals surface area contributed by atoms with Gasteiger partial charge in [0.05, 0.1) is 11.9 Å². The molecular formula is C14H14ClN3S. The van der Waals surface area contributed by atoms with E-state index in [9.17, 15) is 0 Å². The van der Waals surface area contributed by atoms with Crippen molar-refractivity contribution in [3.05, 3.63) is 46.5 Å². The third-order valence-electron chi connectivity index (χ3n) is 3.21. The Hall–Kier alpha value is -1.39. The number of alkyl halides is 1. The molecule has 0 aliphatic rings. The molecule has 3 nitrogen and oxygen atoms in total. The number of nitrogens with zero attached hydrogens (tertiary/aromatic N) is 3. The zero-order chi connectivity index (χ0) is 13.2. The Morgan fingerprint density at radius 1 is 1.37 bits per heavy atom. The molecule has 3 aromatic rings. The van der Waals surface area contributed by atoms with Crippen molar-refractivity contribution in [1.29, 1.82) is 0 Å². The number of pyridine rings is 1. The van der Waals surface area contributed by atoms with Crippen molar-refractivity contribution in [3.63, 3.8) is 0 Å². The lowest BCUT2D eigenvalue weighted by molar-refractivity contribution is 0.570. The van der Waals surface area contributed by atoms with Gasteiger partial charge >= 0.3 is 0 Å². The minimum absolute atomic E-state index is 0.258. The molecule has 3 heterocycles. The van der Waals surface area contributed by atoms with Crippen molar-refractivity contribution in [2.45, 2.75) is 25.3 Å². The van der Waals surface area contributed by atoms with Crippen LogP contribution in [0.1, 0.15) is 30.1 Å². The summed E-state index contributed by atoms with van der Waals surface area (Å²) in [6.45, 7) is 2.18. The zero-order valence-electron chi connectivity index (χ0n) is 10.6. The van der Waals surface area contributed by atoms with Crippen LogP contribution in [0.15, 0.2) is 35.8 Å². The third kappa shape index (κ3) is 2.15. The number of imidazole rings is 1. The van der Waals surface area contributed by atoms with Gasteiger partial charge in [-0.25, -0.2) is 9.97 Å². The fourth-order valence-corrected chi connectivity index (χ4v) is 3.48. The molecule has 1 unspecified atom stereocenters. The van der Waals surface area contributed by atoms with Crippen molar-refractivity contribution in [1.82, 2.24) is 14.5 Å². The van der Waals surface area contributed by atoms with Crippen molar-refractivity contribution < 1.29 is 0 Å². The Bertz CT molecular complexity index is 675. The summed E-state index contributed by atoms with van der Waals surface area (Å²) in [5, 5.41) is 2.10. The second-order valence-electron chi connectivity index (χ2n) is 4.32. The number of halogens is 1. The summed E-state index contributed by atoms with van der Waals surface area (Å²) in [5.41, 5.74) is 1.83. The van der Waals surface area contributed by atoms with Crippen LogP contribution in [0.2, 0.25) is 0 Å². The van der Waals surface area contributed by atoms with Crippen LogP contribution in [0.25, 0.3) is 11.2 Å². The van der Waals surface area contributed by atoms with E-state index in [4.69, 9.17) is 11.6 Å². The fourth-order valence-electron chi connectivity index (χ4n) is 2.39.